The van der Waals surface area contributed by atoms with Crippen LogP contribution in [0.15, 0.2) is 35.4 Å². The monoisotopic (exact) mass is 272 g/mol. The van der Waals surface area contributed by atoms with Crippen molar-refractivity contribution in [3.05, 3.63) is 30.5 Å². The van der Waals surface area contributed by atoms with Crippen molar-refractivity contribution in [3.8, 4) is 0 Å². The molecule has 19 heavy (non-hydrogen) atoms. The van der Waals surface area contributed by atoms with Gasteiger partial charge in [-0.3, -0.25) is 0 Å². The molecule has 2 aromatic rings. The fourth-order valence-electron chi connectivity index (χ4n) is 3.75. The van der Waals surface area contributed by atoms with Crippen LogP contribution in [0.3, 0.4) is 0 Å². The van der Waals surface area contributed by atoms with Gasteiger partial charge in [0, 0.05) is 39.3 Å². The van der Waals surface area contributed by atoms with E-state index in [4.69, 9.17) is 0 Å². The quantitative estimate of drug-likeness (QED) is 0.894. The van der Waals surface area contributed by atoms with Crippen molar-refractivity contribution < 1.29 is 0 Å². The van der Waals surface area contributed by atoms with E-state index in [0.29, 0.717) is 0 Å². The first-order chi connectivity index (χ1) is 9.29. The van der Waals surface area contributed by atoms with Gasteiger partial charge in [0.15, 0.2) is 0 Å². The van der Waals surface area contributed by atoms with E-state index >= 15 is 0 Å². The van der Waals surface area contributed by atoms with Gasteiger partial charge in [0.1, 0.15) is 0 Å². The third-order valence-electron chi connectivity index (χ3n) is 4.88. The summed E-state index contributed by atoms with van der Waals surface area (Å²) in [7, 11) is 2.31. The molecule has 2 nitrogen and oxygen atoms in total. The van der Waals surface area contributed by atoms with Crippen molar-refractivity contribution in [1.82, 2.24) is 9.88 Å². The minimum Gasteiger partial charge on any atom is -0.361 e. The third-order valence-corrected chi connectivity index (χ3v) is 6.13. The first kappa shape index (κ1) is 11.9. The summed E-state index contributed by atoms with van der Waals surface area (Å²) in [5, 5.41) is 2.14. The second kappa shape index (κ2) is 4.57. The minimum atomic E-state index is 0.810. The summed E-state index contributed by atoms with van der Waals surface area (Å²) in [5.41, 5.74) is 1.24. The number of piperidine rings is 1. The van der Waals surface area contributed by atoms with E-state index < -0.39 is 0 Å². The van der Waals surface area contributed by atoms with Crippen molar-refractivity contribution in [1.29, 1.82) is 0 Å². The van der Waals surface area contributed by atoms with Gasteiger partial charge in [0.25, 0.3) is 0 Å². The molecule has 2 aliphatic heterocycles. The lowest BCUT2D eigenvalue weighted by molar-refractivity contribution is 0.183. The zero-order valence-electron chi connectivity index (χ0n) is 11.3. The molecule has 2 atom stereocenters. The molecule has 4 rings (SSSR count). The number of aromatic nitrogens is 1. The van der Waals surface area contributed by atoms with Crippen LogP contribution in [0.2, 0.25) is 0 Å². The van der Waals surface area contributed by atoms with Crippen molar-refractivity contribution in [2.24, 2.45) is 0 Å². The predicted octanol–water partition coefficient (Wildman–Crippen LogP) is 3.89. The summed E-state index contributed by atoms with van der Waals surface area (Å²) in [4.78, 5) is 7.31. The topological polar surface area (TPSA) is 19.0 Å². The molecule has 2 aliphatic rings. The lowest BCUT2D eigenvalue weighted by Crippen LogP contribution is -2.40. The van der Waals surface area contributed by atoms with Crippen molar-refractivity contribution in [2.75, 3.05) is 7.05 Å². The van der Waals surface area contributed by atoms with Crippen molar-refractivity contribution in [3.63, 3.8) is 0 Å². The molecule has 100 valence electrons. The second-order valence-corrected chi connectivity index (χ2v) is 7.36. The van der Waals surface area contributed by atoms with E-state index in [1.54, 1.807) is 0 Å². The standard InChI is InChI=1S/C16H20N2S/c1-18-12-2-3-13(18)10-15(9-12)19-14-4-5-16-11(8-14)6-7-17-16/h4-8,12-13,15,17H,2-3,9-10H2,1H3. The maximum absolute atomic E-state index is 3.26. The Morgan fingerprint density at radius 3 is 2.74 bits per heavy atom. The van der Waals surface area contributed by atoms with Gasteiger partial charge in [-0.15, -0.1) is 11.8 Å². The fraction of sp³-hybridized carbons (Fsp3) is 0.500. The highest BCUT2D eigenvalue weighted by molar-refractivity contribution is 8.00. The van der Waals surface area contributed by atoms with Gasteiger partial charge in [-0.25, -0.2) is 0 Å². The number of hydrogen-bond acceptors (Lipinski definition) is 2. The Morgan fingerprint density at radius 1 is 1.16 bits per heavy atom. The fourth-order valence-corrected chi connectivity index (χ4v) is 5.12. The summed E-state index contributed by atoms with van der Waals surface area (Å²) in [6, 6.07) is 10.7. The number of benzene rings is 1. The second-order valence-electron chi connectivity index (χ2n) is 5.99. The lowest BCUT2D eigenvalue weighted by Gasteiger charge is -2.36. The Morgan fingerprint density at radius 2 is 1.95 bits per heavy atom. The molecule has 1 aromatic heterocycles. The Bertz CT molecular complexity index is 577. The normalized spacial score (nSPS) is 31.1. The molecule has 0 amide bonds. The SMILES string of the molecule is CN1C2CCC1CC(Sc1ccc3[nH]ccc3c1)C2. The van der Waals surface area contributed by atoms with Crippen LogP contribution in [0.5, 0.6) is 0 Å². The van der Waals surface area contributed by atoms with E-state index in [1.165, 1.54) is 41.5 Å². The largest absolute Gasteiger partial charge is 0.361 e. The smallest absolute Gasteiger partial charge is 0.0454 e. The maximum Gasteiger partial charge on any atom is 0.0454 e. The first-order valence-electron chi connectivity index (χ1n) is 7.25. The minimum absolute atomic E-state index is 0.810. The molecule has 0 saturated carbocycles. The van der Waals surface area contributed by atoms with Crippen molar-refractivity contribution in [2.45, 2.75) is 47.9 Å². The summed E-state index contributed by atoms with van der Waals surface area (Å²) in [6.45, 7) is 0. The number of nitrogens with zero attached hydrogens (tertiary/aromatic N) is 1. The average molecular weight is 272 g/mol. The Balaban J connectivity index is 1.52. The number of hydrogen-bond donors (Lipinski definition) is 1. The Hall–Kier alpha value is -0.930. The zero-order valence-corrected chi connectivity index (χ0v) is 12.1. The number of thioether (sulfide) groups is 1. The molecule has 3 heteroatoms. The van der Waals surface area contributed by atoms with Gasteiger partial charge in [0.05, 0.1) is 0 Å². The molecular weight excluding hydrogens is 252 g/mol. The molecular formula is C16H20N2S. The average Bonchev–Trinajstić information content (AvgIpc) is 2.92. The van der Waals surface area contributed by atoms with E-state index in [1.807, 2.05) is 6.20 Å². The summed E-state index contributed by atoms with van der Waals surface area (Å²) in [6.07, 6.45) is 7.57. The molecule has 2 fully saturated rings. The molecule has 0 spiro atoms. The maximum atomic E-state index is 3.26. The Labute approximate surface area is 118 Å². The van der Waals surface area contributed by atoms with Crippen LogP contribution in [0.25, 0.3) is 10.9 Å². The van der Waals surface area contributed by atoms with Gasteiger partial charge in [-0.1, -0.05) is 0 Å². The highest BCUT2D eigenvalue weighted by Gasteiger charge is 2.38. The highest BCUT2D eigenvalue weighted by Crippen LogP contribution is 2.41. The lowest BCUT2D eigenvalue weighted by atomic mass is 10.0. The molecule has 2 bridgehead atoms. The van der Waals surface area contributed by atoms with Crippen LogP contribution in [-0.2, 0) is 0 Å². The molecule has 2 unspecified atom stereocenters. The summed E-state index contributed by atoms with van der Waals surface area (Å²) in [5.74, 6) is 0. The van der Waals surface area contributed by atoms with Gasteiger partial charge >= 0.3 is 0 Å². The molecule has 3 heterocycles. The molecule has 2 saturated heterocycles. The van der Waals surface area contributed by atoms with Crippen LogP contribution in [0.1, 0.15) is 25.7 Å². The number of aromatic amines is 1. The van der Waals surface area contributed by atoms with Crippen LogP contribution >= 0.6 is 11.8 Å². The predicted molar refractivity (Wildman–Crippen MR) is 81.8 cm³/mol. The van der Waals surface area contributed by atoms with E-state index in [0.717, 1.165) is 17.3 Å². The molecule has 0 radical (unpaired) electrons. The van der Waals surface area contributed by atoms with Crippen LogP contribution in [0, 0.1) is 0 Å². The molecule has 1 N–H and O–H groups in total. The van der Waals surface area contributed by atoms with E-state index in [-0.39, 0.29) is 0 Å². The zero-order chi connectivity index (χ0) is 12.8. The number of rotatable bonds is 2. The number of fused-ring (bicyclic) bond motifs is 3. The van der Waals surface area contributed by atoms with Crippen LogP contribution in [0.4, 0.5) is 0 Å². The van der Waals surface area contributed by atoms with Crippen LogP contribution in [-0.4, -0.2) is 34.3 Å². The summed E-state index contributed by atoms with van der Waals surface area (Å²) >= 11 is 2.09. The number of nitrogens with one attached hydrogen (secondary N) is 1. The summed E-state index contributed by atoms with van der Waals surface area (Å²) < 4.78 is 0. The van der Waals surface area contributed by atoms with Gasteiger partial charge in [0.2, 0.25) is 0 Å². The van der Waals surface area contributed by atoms with Gasteiger partial charge in [-0.2, -0.15) is 0 Å². The van der Waals surface area contributed by atoms with Crippen LogP contribution < -0.4 is 0 Å². The first-order valence-corrected chi connectivity index (χ1v) is 8.13. The third kappa shape index (κ3) is 2.09. The van der Waals surface area contributed by atoms with Crippen molar-refractivity contribution >= 4 is 22.7 Å². The number of H-pyrrole nitrogens is 1. The molecule has 1 aromatic carbocycles. The Kier molecular flexibility index (Phi) is 2.85. The van der Waals surface area contributed by atoms with E-state index in [9.17, 15) is 0 Å². The molecule has 0 aliphatic carbocycles. The van der Waals surface area contributed by atoms with Gasteiger partial charge in [-0.05, 0) is 57.0 Å². The van der Waals surface area contributed by atoms with E-state index in [2.05, 4.69) is 53.0 Å². The highest BCUT2D eigenvalue weighted by atomic mass is 32.2. The van der Waals surface area contributed by atoms with Gasteiger partial charge < -0.3 is 9.88 Å².